The van der Waals surface area contributed by atoms with Gasteiger partial charge in [-0.1, -0.05) is 12.1 Å². The van der Waals surface area contributed by atoms with Gasteiger partial charge in [0.2, 0.25) is 5.75 Å². The monoisotopic (exact) mass is 457 g/mol. The highest BCUT2D eigenvalue weighted by Crippen LogP contribution is 2.39. The van der Waals surface area contributed by atoms with Crippen LogP contribution in [0.3, 0.4) is 0 Å². The van der Waals surface area contributed by atoms with Crippen molar-refractivity contribution in [2.75, 3.05) is 39.9 Å². The summed E-state index contributed by atoms with van der Waals surface area (Å²) in [7, 11) is 4.30. The number of halogens is 3. The minimum atomic E-state index is -4.41. The van der Waals surface area contributed by atoms with Crippen molar-refractivity contribution in [2.24, 2.45) is 0 Å². The fourth-order valence-electron chi connectivity index (χ4n) is 2.59. The molecule has 32 heavy (non-hydrogen) atoms. The first-order chi connectivity index (χ1) is 15.2. The number of esters is 1. The maximum Gasteiger partial charge on any atom is 0.411 e. The van der Waals surface area contributed by atoms with Gasteiger partial charge in [-0.25, -0.2) is 4.79 Å². The largest absolute Gasteiger partial charge is 0.493 e. The molecule has 0 spiro atoms. The molecule has 174 valence electrons. The third-order valence-electron chi connectivity index (χ3n) is 4.01. The second-order valence-corrected chi connectivity index (χ2v) is 6.34. The fourth-order valence-corrected chi connectivity index (χ4v) is 2.59. The van der Waals surface area contributed by atoms with Crippen LogP contribution in [-0.4, -0.2) is 52.6 Å². The second-order valence-electron chi connectivity index (χ2n) is 6.34. The van der Waals surface area contributed by atoms with E-state index in [0.717, 1.165) is 0 Å². The highest BCUT2D eigenvalue weighted by Gasteiger charge is 2.27. The van der Waals surface area contributed by atoms with Gasteiger partial charge in [0.25, 0.3) is 5.91 Å². The smallest absolute Gasteiger partial charge is 0.411 e. The van der Waals surface area contributed by atoms with Crippen LogP contribution in [0.4, 0.5) is 18.9 Å². The van der Waals surface area contributed by atoms with E-state index >= 15 is 0 Å². The average molecular weight is 457 g/mol. The van der Waals surface area contributed by atoms with Crippen LogP contribution >= 0.6 is 0 Å². The summed E-state index contributed by atoms with van der Waals surface area (Å²) >= 11 is 0. The molecule has 2 aromatic rings. The molecular formula is C21H22F3NO7. The summed E-state index contributed by atoms with van der Waals surface area (Å²) < 4.78 is 61.4. The van der Waals surface area contributed by atoms with Crippen molar-refractivity contribution in [1.29, 1.82) is 0 Å². The second kappa shape index (κ2) is 11.2. The molecule has 0 saturated heterocycles. The zero-order valence-corrected chi connectivity index (χ0v) is 17.6. The Balaban J connectivity index is 1.89. The number of hydrogen-bond acceptors (Lipinski definition) is 7. The van der Waals surface area contributed by atoms with E-state index in [1.807, 2.05) is 0 Å². The molecule has 0 heterocycles. The third kappa shape index (κ3) is 7.34. The topological polar surface area (TPSA) is 92.3 Å². The van der Waals surface area contributed by atoms with Crippen LogP contribution in [0, 0.1) is 0 Å². The van der Waals surface area contributed by atoms with Crippen LogP contribution in [0.5, 0.6) is 17.2 Å². The van der Waals surface area contributed by atoms with Crippen LogP contribution in [-0.2, 0) is 20.9 Å². The zero-order valence-electron chi connectivity index (χ0n) is 17.6. The molecule has 0 radical (unpaired) electrons. The Kier molecular flexibility index (Phi) is 8.71. The Hall–Kier alpha value is -3.47. The number of anilines is 1. The molecule has 1 N–H and O–H groups in total. The van der Waals surface area contributed by atoms with Gasteiger partial charge in [-0.2, -0.15) is 13.2 Å². The van der Waals surface area contributed by atoms with Crippen molar-refractivity contribution in [3.8, 4) is 17.2 Å². The normalized spacial score (nSPS) is 10.9. The minimum absolute atomic E-state index is 0.130. The molecule has 0 fully saturated rings. The number of hydrogen-bond donors (Lipinski definition) is 1. The summed E-state index contributed by atoms with van der Waals surface area (Å²) in [6.07, 6.45) is -4.41. The van der Waals surface area contributed by atoms with Crippen molar-refractivity contribution < 1.29 is 46.4 Å². The van der Waals surface area contributed by atoms with Gasteiger partial charge < -0.3 is 29.0 Å². The molecule has 11 heteroatoms. The van der Waals surface area contributed by atoms with E-state index in [9.17, 15) is 22.8 Å². The standard InChI is InChI=1S/C21H22F3NO7/c1-28-16-8-15(9-17(29-2)19(16)30-3)25-18(26)11-32-20(27)14-6-4-13(5-7-14)10-31-12-21(22,23)24/h4-9H,10-12H2,1-3H3,(H,25,26). The first-order valence-corrected chi connectivity index (χ1v) is 9.17. The number of amides is 1. The Morgan fingerprint density at radius 3 is 2.03 bits per heavy atom. The molecular weight excluding hydrogens is 435 g/mol. The van der Waals surface area contributed by atoms with Crippen LogP contribution in [0.2, 0.25) is 0 Å². The average Bonchev–Trinajstić information content (AvgIpc) is 2.76. The summed E-state index contributed by atoms with van der Waals surface area (Å²) in [6, 6.07) is 8.63. The maximum atomic E-state index is 12.1. The van der Waals surface area contributed by atoms with Gasteiger partial charge in [0.1, 0.15) is 6.61 Å². The molecule has 0 aliphatic heterocycles. The van der Waals surface area contributed by atoms with Crippen molar-refractivity contribution in [1.82, 2.24) is 0 Å². The summed E-state index contributed by atoms with van der Waals surface area (Å²) in [6.45, 7) is -2.18. The Bertz CT molecular complexity index is 905. The molecule has 0 aliphatic carbocycles. The first kappa shape index (κ1) is 24.8. The summed E-state index contributed by atoms with van der Waals surface area (Å²) in [5.74, 6) is -0.360. The Labute approximate surface area is 182 Å². The highest BCUT2D eigenvalue weighted by atomic mass is 19.4. The number of carbonyl (C=O) groups is 2. The van der Waals surface area contributed by atoms with E-state index < -0.39 is 31.3 Å². The lowest BCUT2D eigenvalue weighted by Crippen LogP contribution is -2.21. The number of benzene rings is 2. The number of ether oxygens (including phenoxy) is 5. The number of rotatable bonds is 10. The van der Waals surface area contributed by atoms with E-state index in [1.165, 1.54) is 57.7 Å². The lowest BCUT2D eigenvalue weighted by Gasteiger charge is -2.14. The SMILES string of the molecule is COc1cc(NC(=O)COC(=O)c2ccc(COCC(F)(F)F)cc2)cc(OC)c1OC. The summed E-state index contributed by atoms with van der Waals surface area (Å²) in [4.78, 5) is 24.2. The minimum Gasteiger partial charge on any atom is -0.493 e. The van der Waals surface area contributed by atoms with Crippen molar-refractivity contribution >= 4 is 17.6 Å². The van der Waals surface area contributed by atoms with Gasteiger partial charge in [0, 0.05) is 17.8 Å². The van der Waals surface area contributed by atoms with Crippen molar-refractivity contribution in [3.05, 3.63) is 47.5 Å². The van der Waals surface area contributed by atoms with E-state index in [4.69, 9.17) is 18.9 Å². The summed E-state index contributed by atoms with van der Waals surface area (Å²) in [5, 5.41) is 2.55. The molecule has 0 atom stereocenters. The van der Waals surface area contributed by atoms with E-state index in [0.29, 0.717) is 28.5 Å². The van der Waals surface area contributed by atoms with Gasteiger partial charge >= 0.3 is 12.1 Å². The molecule has 0 aliphatic rings. The van der Waals surface area contributed by atoms with Gasteiger partial charge in [-0.3, -0.25) is 4.79 Å². The van der Waals surface area contributed by atoms with Crippen LogP contribution in [0.25, 0.3) is 0 Å². The molecule has 0 aromatic heterocycles. The molecule has 2 rings (SSSR count). The van der Waals surface area contributed by atoms with Crippen LogP contribution in [0.1, 0.15) is 15.9 Å². The molecule has 0 unspecified atom stereocenters. The lowest BCUT2D eigenvalue weighted by molar-refractivity contribution is -0.176. The molecule has 0 bridgehead atoms. The lowest BCUT2D eigenvalue weighted by atomic mass is 10.1. The molecule has 0 saturated carbocycles. The Morgan fingerprint density at radius 2 is 1.53 bits per heavy atom. The third-order valence-corrected chi connectivity index (χ3v) is 4.01. The van der Waals surface area contributed by atoms with Crippen molar-refractivity contribution in [2.45, 2.75) is 12.8 Å². The predicted molar refractivity (Wildman–Crippen MR) is 107 cm³/mol. The predicted octanol–water partition coefficient (Wildman–Crippen LogP) is 3.59. The van der Waals surface area contributed by atoms with Gasteiger partial charge in [0.05, 0.1) is 33.5 Å². The molecule has 8 nitrogen and oxygen atoms in total. The van der Waals surface area contributed by atoms with Gasteiger partial charge in [-0.05, 0) is 17.7 Å². The number of nitrogens with one attached hydrogen (secondary N) is 1. The fraction of sp³-hybridized carbons (Fsp3) is 0.333. The summed E-state index contributed by atoms with van der Waals surface area (Å²) in [5.41, 5.74) is 0.917. The van der Waals surface area contributed by atoms with Crippen LogP contribution in [0.15, 0.2) is 36.4 Å². The zero-order chi connectivity index (χ0) is 23.7. The van der Waals surface area contributed by atoms with Gasteiger partial charge in [0.15, 0.2) is 18.1 Å². The first-order valence-electron chi connectivity index (χ1n) is 9.17. The number of methoxy groups -OCH3 is 3. The molecule has 2 aromatic carbocycles. The van der Waals surface area contributed by atoms with Crippen LogP contribution < -0.4 is 19.5 Å². The maximum absolute atomic E-state index is 12.1. The van der Waals surface area contributed by atoms with E-state index in [1.54, 1.807) is 0 Å². The van der Waals surface area contributed by atoms with E-state index in [-0.39, 0.29) is 12.2 Å². The van der Waals surface area contributed by atoms with Crippen molar-refractivity contribution in [3.63, 3.8) is 0 Å². The van der Waals surface area contributed by atoms with E-state index in [2.05, 4.69) is 10.1 Å². The van der Waals surface area contributed by atoms with Gasteiger partial charge in [-0.15, -0.1) is 0 Å². The number of carbonyl (C=O) groups excluding carboxylic acids is 2. The quantitative estimate of drug-likeness (QED) is 0.545. The highest BCUT2D eigenvalue weighted by molar-refractivity contribution is 5.96. The Morgan fingerprint density at radius 1 is 0.938 bits per heavy atom. The number of alkyl halides is 3. The molecule has 1 amide bonds.